The van der Waals surface area contributed by atoms with Gasteiger partial charge in [-0.2, -0.15) is 0 Å². The molecule has 0 fully saturated rings. The van der Waals surface area contributed by atoms with E-state index in [1.807, 2.05) is 47.6 Å². The van der Waals surface area contributed by atoms with Crippen LogP contribution in [0.15, 0.2) is 42.6 Å². The standard InChI is InChI=1S/C22H30N2O5/c1-15(2)28-19-11-12-20(23-13-19)29-18-9-7-17(8-10-18)27-14-16(3)24(21(25)26)22(4,5)6/h7-13,15-16H,14H2,1-6H3,(H,25,26). The fourth-order valence-corrected chi connectivity index (χ4v) is 2.92. The number of benzene rings is 1. The van der Waals surface area contributed by atoms with Crippen LogP contribution >= 0.6 is 0 Å². The molecule has 1 heterocycles. The quantitative estimate of drug-likeness (QED) is 0.653. The number of hydrogen-bond acceptors (Lipinski definition) is 5. The Morgan fingerprint density at radius 2 is 1.62 bits per heavy atom. The summed E-state index contributed by atoms with van der Waals surface area (Å²) in [5.41, 5.74) is -0.505. The summed E-state index contributed by atoms with van der Waals surface area (Å²) in [7, 11) is 0. The second-order valence-corrected chi connectivity index (χ2v) is 8.06. The van der Waals surface area contributed by atoms with Crippen molar-refractivity contribution in [3.8, 4) is 23.1 Å². The average Bonchev–Trinajstić information content (AvgIpc) is 2.61. The highest BCUT2D eigenvalue weighted by molar-refractivity contribution is 5.66. The van der Waals surface area contributed by atoms with Crippen LogP contribution in [0.4, 0.5) is 4.79 Å². The van der Waals surface area contributed by atoms with Crippen molar-refractivity contribution in [2.24, 2.45) is 0 Å². The Morgan fingerprint density at radius 3 is 2.10 bits per heavy atom. The van der Waals surface area contributed by atoms with Crippen molar-refractivity contribution in [2.75, 3.05) is 6.61 Å². The molecule has 7 heteroatoms. The Labute approximate surface area is 172 Å². The van der Waals surface area contributed by atoms with Crippen LogP contribution < -0.4 is 14.2 Å². The first-order valence-corrected chi connectivity index (χ1v) is 9.62. The first-order valence-electron chi connectivity index (χ1n) is 9.62. The highest BCUT2D eigenvalue weighted by atomic mass is 16.5. The fourth-order valence-electron chi connectivity index (χ4n) is 2.92. The van der Waals surface area contributed by atoms with Gasteiger partial charge in [0, 0.05) is 11.6 Å². The number of nitrogens with zero attached hydrogens (tertiary/aromatic N) is 2. The van der Waals surface area contributed by atoms with Crippen molar-refractivity contribution in [1.29, 1.82) is 0 Å². The second kappa shape index (κ2) is 9.49. The molecule has 0 saturated carbocycles. The SMILES string of the molecule is CC(C)Oc1ccc(Oc2ccc(OCC(C)N(C(=O)O)C(C)(C)C)cc2)nc1. The average molecular weight is 402 g/mol. The summed E-state index contributed by atoms with van der Waals surface area (Å²) in [6, 6.07) is 10.4. The van der Waals surface area contributed by atoms with Crippen molar-refractivity contribution >= 4 is 6.09 Å². The maximum Gasteiger partial charge on any atom is 0.408 e. The number of amides is 1. The van der Waals surface area contributed by atoms with Crippen molar-refractivity contribution < 1.29 is 24.1 Å². The van der Waals surface area contributed by atoms with Crippen LogP contribution in [0.25, 0.3) is 0 Å². The third-order valence-electron chi connectivity index (χ3n) is 3.99. The van der Waals surface area contributed by atoms with Gasteiger partial charge in [0.15, 0.2) is 0 Å². The molecule has 2 aromatic rings. The van der Waals surface area contributed by atoms with E-state index in [1.165, 1.54) is 4.90 Å². The van der Waals surface area contributed by atoms with Gasteiger partial charge in [0.25, 0.3) is 0 Å². The molecule has 1 aromatic heterocycles. The molecule has 0 aliphatic heterocycles. The summed E-state index contributed by atoms with van der Waals surface area (Å²) in [5.74, 6) is 2.41. The molecular weight excluding hydrogens is 372 g/mol. The van der Waals surface area contributed by atoms with Crippen molar-refractivity contribution in [2.45, 2.75) is 59.2 Å². The number of pyridine rings is 1. The second-order valence-electron chi connectivity index (χ2n) is 8.06. The normalized spacial score (nSPS) is 12.4. The van der Waals surface area contributed by atoms with E-state index in [1.54, 1.807) is 36.5 Å². The zero-order valence-electron chi connectivity index (χ0n) is 17.9. The molecule has 158 valence electrons. The molecule has 1 unspecified atom stereocenters. The topological polar surface area (TPSA) is 81.1 Å². The molecule has 0 aliphatic rings. The summed E-state index contributed by atoms with van der Waals surface area (Å²) in [4.78, 5) is 17.2. The summed E-state index contributed by atoms with van der Waals surface area (Å²) in [5, 5.41) is 9.45. The molecule has 7 nitrogen and oxygen atoms in total. The summed E-state index contributed by atoms with van der Waals surface area (Å²) in [6.07, 6.45) is 0.747. The van der Waals surface area contributed by atoms with Gasteiger partial charge in [-0.05, 0) is 71.9 Å². The predicted octanol–water partition coefficient (Wildman–Crippen LogP) is 5.21. The molecule has 1 amide bonds. The van der Waals surface area contributed by atoms with Gasteiger partial charge in [-0.15, -0.1) is 0 Å². The maximum absolute atomic E-state index is 11.5. The molecule has 0 radical (unpaired) electrons. The van der Waals surface area contributed by atoms with Crippen LogP contribution in [0.1, 0.15) is 41.5 Å². The molecular formula is C22H30N2O5. The van der Waals surface area contributed by atoms with Gasteiger partial charge >= 0.3 is 6.09 Å². The lowest BCUT2D eigenvalue weighted by Gasteiger charge is -2.37. The number of rotatable bonds is 8. The Morgan fingerprint density at radius 1 is 1.03 bits per heavy atom. The molecule has 1 aromatic carbocycles. The first-order chi connectivity index (χ1) is 13.6. The molecule has 0 saturated heterocycles. The minimum atomic E-state index is -0.963. The van der Waals surface area contributed by atoms with E-state index in [4.69, 9.17) is 14.2 Å². The van der Waals surface area contributed by atoms with E-state index in [9.17, 15) is 9.90 Å². The van der Waals surface area contributed by atoms with Gasteiger partial charge in [-0.3, -0.25) is 4.90 Å². The van der Waals surface area contributed by atoms with E-state index >= 15 is 0 Å². The van der Waals surface area contributed by atoms with E-state index < -0.39 is 11.6 Å². The van der Waals surface area contributed by atoms with Gasteiger partial charge in [-0.1, -0.05) is 0 Å². The predicted molar refractivity (Wildman–Crippen MR) is 111 cm³/mol. The molecule has 29 heavy (non-hydrogen) atoms. The third-order valence-corrected chi connectivity index (χ3v) is 3.99. The maximum atomic E-state index is 11.5. The Bertz CT molecular complexity index is 782. The Balaban J connectivity index is 1.92. The van der Waals surface area contributed by atoms with Gasteiger partial charge < -0.3 is 19.3 Å². The fraction of sp³-hybridized carbons (Fsp3) is 0.455. The highest BCUT2D eigenvalue weighted by Crippen LogP contribution is 2.25. The molecule has 1 N–H and O–H groups in total. The minimum absolute atomic E-state index is 0.0878. The number of carboxylic acid groups (broad SMARTS) is 1. The van der Waals surface area contributed by atoms with E-state index in [-0.39, 0.29) is 18.8 Å². The van der Waals surface area contributed by atoms with E-state index in [2.05, 4.69) is 4.98 Å². The molecule has 2 rings (SSSR count). The largest absolute Gasteiger partial charge is 0.491 e. The molecule has 0 aliphatic carbocycles. The molecule has 0 spiro atoms. The number of ether oxygens (including phenoxy) is 3. The molecule has 1 atom stereocenters. The van der Waals surface area contributed by atoms with Crippen LogP contribution in [0.2, 0.25) is 0 Å². The zero-order valence-corrected chi connectivity index (χ0v) is 17.9. The first kappa shape index (κ1) is 22.3. The van der Waals surface area contributed by atoms with Crippen LogP contribution in [0.5, 0.6) is 23.1 Å². The summed E-state index contributed by atoms with van der Waals surface area (Å²) < 4.78 is 17.0. The van der Waals surface area contributed by atoms with Gasteiger partial charge in [0.05, 0.1) is 18.3 Å². The summed E-state index contributed by atoms with van der Waals surface area (Å²) in [6.45, 7) is 11.6. The summed E-state index contributed by atoms with van der Waals surface area (Å²) >= 11 is 0. The number of hydrogen-bond donors (Lipinski definition) is 1. The highest BCUT2D eigenvalue weighted by Gasteiger charge is 2.31. The Hall–Kier alpha value is -2.96. The minimum Gasteiger partial charge on any atom is -0.491 e. The van der Waals surface area contributed by atoms with Crippen molar-refractivity contribution in [3.63, 3.8) is 0 Å². The lowest BCUT2D eigenvalue weighted by Crippen LogP contribution is -2.52. The lowest BCUT2D eigenvalue weighted by atomic mass is 10.0. The van der Waals surface area contributed by atoms with Crippen molar-refractivity contribution in [3.05, 3.63) is 42.6 Å². The Kier molecular flexibility index (Phi) is 7.31. The van der Waals surface area contributed by atoms with Gasteiger partial charge in [-0.25, -0.2) is 9.78 Å². The van der Waals surface area contributed by atoms with E-state index in [0.717, 1.165) is 0 Å². The third kappa shape index (κ3) is 6.85. The number of carbonyl (C=O) groups is 1. The van der Waals surface area contributed by atoms with Crippen molar-refractivity contribution in [1.82, 2.24) is 9.88 Å². The van der Waals surface area contributed by atoms with Crippen LogP contribution in [-0.2, 0) is 0 Å². The smallest absolute Gasteiger partial charge is 0.408 e. The van der Waals surface area contributed by atoms with Gasteiger partial charge in [0.2, 0.25) is 5.88 Å². The van der Waals surface area contributed by atoms with E-state index in [0.29, 0.717) is 23.1 Å². The lowest BCUT2D eigenvalue weighted by molar-refractivity contribution is 0.0578. The number of aromatic nitrogens is 1. The van der Waals surface area contributed by atoms with Gasteiger partial charge in [0.1, 0.15) is 23.9 Å². The van der Waals surface area contributed by atoms with Crippen LogP contribution in [-0.4, -0.2) is 45.4 Å². The monoisotopic (exact) mass is 402 g/mol. The molecule has 0 bridgehead atoms. The van der Waals surface area contributed by atoms with Crippen LogP contribution in [0, 0.1) is 0 Å². The zero-order chi connectivity index (χ0) is 21.6. The van der Waals surface area contributed by atoms with Crippen LogP contribution in [0.3, 0.4) is 0 Å².